The molecule has 2 N–H and O–H groups in total. The van der Waals surface area contributed by atoms with Crippen LogP contribution in [0.15, 0.2) is 24.5 Å². The van der Waals surface area contributed by atoms with E-state index in [1.165, 1.54) is 10.4 Å². The van der Waals surface area contributed by atoms with E-state index in [1.807, 2.05) is 12.4 Å². The third kappa shape index (κ3) is 3.52. The Morgan fingerprint density at radius 3 is 2.63 bits per heavy atom. The molecule has 19 heavy (non-hydrogen) atoms. The van der Waals surface area contributed by atoms with Crippen LogP contribution in [0.1, 0.15) is 23.1 Å². The highest BCUT2D eigenvalue weighted by molar-refractivity contribution is 7.15. The fourth-order valence-electron chi connectivity index (χ4n) is 1.91. The van der Waals surface area contributed by atoms with Crippen molar-refractivity contribution in [2.45, 2.75) is 26.3 Å². The first kappa shape index (κ1) is 14.0. The molecule has 2 heterocycles. The Labute approximate surface area is 118 Å². The van der Waals surface area contributed by atoms with Gasteiger partial charge < -0.3 is 10.6 Å². The number of anilines is 1. The first-order valence-electron chi connectivity index (χ1n) is 6.53. The van der Waals surface area contributed by atoms with Crippen LogP contribution in [0, 0.1) is 0 Å². The number of aryl methyl sites for hydroxylation is 1. The van der Waals surface area contributed by atoms with Gasteiger partial charge in [-0.1, -0.05) is 6.92 Å². The molecule has 0 aromatic carbocycles. The van der Waals surface area contributed by atoms with E-state index in [4.69, 9.17) is 5.73 Å². The minimum Gasteiger partial charge on any atom is -0.351 e. The molecule has 0 fully saturated rings. The largest absolute Gasteiger partial charge is 0.351 e. The van der Waals surface area contributed by atoms with Crippen LogP contribution in [0.3, 0.4) is 0 Å². The number of nitrogens with two attached hydrogens (primary N) is 1. The van der Waals surface area contributed by atoms with Crippen LogP contribution in [-0.2, 0) is 19.4 Å². The van der Waals surface area contributed by atoms with Crippen LogP contribution in [0.5, 0.6) is 0 Å². The maximum Gasteiger partial charge on any atom is 0.185 e. The van der Waals surface area contributed by atoms with Crippen molar-refractivity contribution >= 4 is 16.5 Å². The Kier molecular flexibility index (Phi) is 4.87. The molecule has 0 bridgehead atoms. The normalized spacial score (nSPS) is 10.7. The molecule has 0 aliphatic carbocycles. The second-order valence-electron chi connectivity index (χ2n) is 4.45. The molecule has 0 saturated carbocycles. The molecule has 4 nitrogen and oxygen atoms in total. The number of thiazole rings is 1. The average Bonchev–Trinajstić information content (AvgIpc) is 2.89. The summed E-state index contributed by atoms with van der Waals surface area (Å²) in [4.78, 5) is 12.1. The molecule has 0 aliphatic heterocycles. The standard InChI is InChI=1S/C14H20N4S/c1-3-12-13(10-15)19-14(17-12)18(2)9-6-11-4-7-16-8-5-11/h4-5,7-8H,3,6,9-10,15H2,1-2H3. The van der Waals surface area contributed by atoms with Crippen molar-refractivity contribution < 1.29 is 0 Å². The van der Waals surface area contributed by atoms with Crippen molar-refractivity contribution in [1.29, 1.82) is 0 Å². The number of hydrogen-bond donors (Lipinski definition) is 1. The van der Waals surface area contributed by atoms with Crippen LogP contribution >= 0.6 is 11.3 Å². The SMILES string of the molecule is CCc1nc(N(C)CCc2ccncc2)sc1CN. The lowest BCUT2D eigenvalue weighted by Gasteiger charge is -2.15. The van der Waals surface area contributed by atoms with E-state index >= 15 is 0 Å². The maximum atomic E-state index is 5.75. The van der Waals surface area contributed by atoms with Gasteiger partial charge in [0.2, 0.25) is 0 Å². The Bertz CT molecular complexity index is 488. The third-order valence-corrected chi connectivity index (χ3v) is 4.33. The van der Waals surface area contributed by atoms with Crippen LogP contribution < -0.4 is 10.6 Å². The first-order chi connectivity index (χ1) is 9.24. The third-order valence-electron chi connectivity index (χ3n) is 3.10. The van der Waals surface area contributed by atoms with Gasteiger partial charge in [-0.15, -0.1) is 11.3 Å². The number of rotatable bonds is 6. The summed E-state index contributed by atoms with van der Waals surface area (Å²) in [7, 11) is 2.08. The van der Waals surface area contributed by atoms with Gasteiger partial charge in [0.25, 0.3) is 0 Å². The van der Waals surface area contributed by atoms with Gasteiger partial charge in [0, 0.05) is 37.4 Å². The Morgan fingerprint density at radius 2 is 2.05 bits per heavy atom. The lowest BCUT2D eigenvalue weighted by molar-refractivity contribution is 0.863. The van der Waals surface area contributed by atoms with E-state index in [0.717, 1.165) is 30.2 Å². The molecular formula is C14H20N4S. The van der Waals surface area contributed by atoms with E-state index < -0.39 is 0 Å². The molecule has 5 heteroatoms. The monoisotopic (exact) mass is 276 g/mol. The zero-order chi connectivity index (χ0) is 13.7. The molecular weight excluding hydrogens is 256 g/mol. The zero-order valence-electron chi connectivity index (χ0n) is 11.5. The van der Waals surface area contributed by atoms with Crippen molar-refractivity contribution in [2.75, 3.05) is 18.5 Å². The second kappa shape index (κ2) is 6.63. The molecule has 0 amide bonds. The summed E-state index contributed by atoms with van der Waals surface area (Å²) in [6.45, 7) is 3.65. The molecule has 0 spiro atoms. The summed E-state index contributed by atoms with van der Waals surface area (Å²) in [5, 5.41) is 1.06. The van der Waals surface area contributed by atoms with Gasteiger partial charge >= 0.3 is 0 Å². The van der Waals surface area contributed by atoms with Crippen LogP contribution in [0.2, 0.25) is 0 Å². The van der Waals surface area contributed by atoms with E-state index in [1.54, 1.807) is 11.3 Å². The smallest absolute Gasteiger partial charge is 0.185 e. The fourth-order valence-corrected chi connectivity index (χ4v) is 2.93. The van der Waals surface area contributed by atoms with Crippen LogP contribution in [0.4, 0.5) is 5.13 Å². The minimum atomic E-state index is 0.582. The van der Waals surface area contributed by atoms with Gasteiger partial charge in [0.15, 0.2) is 5.13 Å². The van der Waals surface area contributed by atoms with E-state index in [-0.39, 0.29) is 0 Å². The molecule has 0 atom stereocenters. The molecule has 0 aliphatic rings. The fraction of sp³-hybridized carbons (Fsp3) is 0.429. The molecule has 0 saturated heterocycles. The number of hydrogen-bond acceptors (Lipinski definition) is 5. The maximum absolute atomic E-state index is 5.75. The van der Waals surface area contributed by atoms with Crippen molar-refractivity contribution in [3.63, 3.8) is 0 Å². The lowest BCUT2D eigenvalue weighted by atomic mass is 10.2. The predicted octanol–water partition coefficient (Wildman–Crippen LogP) is 2.24. The van der Waals surface area contributed by atoms with Crippen molar-refractivity contribution in [1.82, 2.24) is 9.97 Å². The molecule has 0 unspecified atom stereocenters. The number of pyridine rings is 1. The van der Waals surface area contributed by atoms with Crippen molar-refractivity contribution in [3.8, 4) is 0 Å². The molecule has 2 aromatic heterocycles. The highest BCUT2D eigenvalue weighted by atomic mass is 32.1. The summed E-state index contributed by atoms with van der Waals surface area (Å²) in [6, 6.07) is 4.11. The quantitative estimate of drug-likeness (QED) is 0.879. The van der Waals surface area contributed by atoms with Crippen molar-refractivity contribution in [3.05, 3.63) is 40.7 Å². The zero-order valence-corrected chi connectivity index (χ0v) is 12.3. The van der Waals surface area contributed by atoms with Crippen LogP contribution in [0.25, 0.3) is 0 Å². The highest BCUT2D eigenvalue weighted by Crippen LogP contribution is 2.25. The first-order valence-corrected chi connectivity index (χ1v) is 7.35. The summed E-state index contributed by atoms with van der Waals surface area (Å²) in [5.74, 6) is 0. The number of likely N-dealkylation sites (N-methyl/N-ethyl adjacent to an activating group) is 1. The molecule has 2 aromatic rings. The van der Waals surface area contributed by atoms with E-state index in [0.29, 0.717) is 6.54 Å². The molecule has 102 valence electrons. The van der Waals surface area contributed by atoms with E-state index in [2.05, 4.69) is 41.0 Å². The van der Waals surface area contributed by atoms with Gasteiger partial charge in [0.1, 0.15) is 0 Å². The van der Waals surface area contributed by atoms with Gasteiger partial charge in [0.05, 0.1) is 5.69 Å². The summed E-state index contributed by atoms with van der Waals surface area (Å²) >= 11 is 1.70. The Morgan fingerprint density at radius 1 is 1.32 bits per heavy atom. The topological polar surface area (TPSA) is 55.0 Å². The van der Waals surface area contributed by atoms with Gasteiger partial charge in [-0.25, -0.2) is 4.98 Å². The summed E-state index contributed by atoms with van der Waals surface area (Å²) < 4.78 is 0. The number of aromatic nitrogens is 2. The second-order valence-corrected chi connectivity index (χ2v) is 5.51. The minimum absolute atomic E-state index is 0.582. The summed E-state index contributed by atoms with van der Waals surface area (Å²) in [5.41, 5.74) is 8.19. The highest BCUT2D eigenvalue weighted by Gasteiger charge is 2.11. The predicted molar refractivity (Wildman–Crippen MR) is 80.6 cm³/mol. The van der Waals surface area contributed by atoms with Crippen molar-refractivity contribution in [2.24, 2.45) is 5.73 Å². The Balaban J connectivity index is 1.99. The Hall–Kier alpha value is -1.46. The van der Waals surface area contributed by atoms with Gasteiger partial charge in [-0.3, -0.25) is 4.98 Å². The van der Waals surface area contributed by atoms with Gasteiger partial charge in [-0.05, 0) is 30.5 Å². The number of nitrogens with zero attached hydrogens (tertiary/aromatic N) is 3. The van der Waals surface area contributed by atoms with Gasteiger partial charge in [-0.2, -0.15) is 0 Å². The van der Waals surface area contributed by atoms with Crippen LogP contribution in [-0.4, -0.2) is 23.6 Å². The lowest BCUT2D eigenvalue weighted by Crippen LogP contribution is -2.20. The summed E-state index contributed by atoms with van der Waals surface area (Å²) in [6.07, 6.45) is 5.61. The average molecular weight is 276 g/mol. The van der Waals surface area contributed by atoms with E-state index in [9.17, 15) is 0 Å². The molecule has 0 radical (unpaired) electrons. The molecule has 2 rings (SSSR count).